The van der Waals surface area contributed by atoms with E-state index in [1.54, 1.807) is 30.9 Å². The van der Waals surface area contributed by atoms with E-state index in [1.165, 1.54) is 6.07 Å². The van der Waals surface area contributed by atoms with E-state index < -0.39 is 0 Å². The zero-order valence-corrected chi connectivity index (χ0v) is 11.3. The van der Waals surface area contributed by atoms with E-state index in [2.05, 4.69) is 0 Å². The van der Waals surface area contributed by atoms with Crippen LogP contribution < -0.4 is 9.47 Å². The Morgan fingerprint density at radius 3 is 2.15 bits per heavy atom. The van der Waals surface area contributed by atoms with Crippen LogP contribution in [0.15, 0.2) is 48.5 Å². The van der Waals surface area contributed by atoms with Gasteiger partial charge in [0.05, 0.1) is 19.7 Å². The van der Waals surface area contributed by atoms with E-state index in [1.807, 2.05) is 30.3 Å². The van der Waals surface area contributed by atoms with Crippen LogP contribution in [0.5, 0.6) is 11.5 Å². The molecule has 0 aliphatic rings. The first-order chi connectivity index (χ1) is 9.72. The second-order valence-electron chi connectivity index (χ2n) is 4.43. The molecule has 0 spiro atoms. The average Bonchev–Trinajstić information content (AvgIpc) is 2.82. The molecule has 0 amide bonds. The zero-order valence-electron chi connectivity index (χ0n) is 11.3. The van der Waals surface area contributed by atoms with Crippen molar-refractivity contribution in [2.24, 2.45) is 0 Å². The Bertz CT molecular complexity index is 747. The van der Waals surface area contributed by atoms with Crippen molar-refractivity contribution >= 4 is 10.9 Å². The summed E-state index contributed by atoms with van der Waals surface area (Å²) in [6.45, 7) is 0. The smallest absolute Gasteiger partial charge is 0.199 e. The highest BCUT2D eigenvalue weighted by Crippen LogP contribution is 2.27. The van der Waals surface area contributed by atoms with Crippen LogP contribution in [-0.2, 0) is 0 Å². The topological polar surface area (TPSA) is 23.4 Å². The SMILES string of the molecule is COc1ccc(-n2c(F)cc3ccc(OC)cc32)cc1. The number of ether oxygens (including phenoxy) is 2. The van der Waals surface area contributed by atoms with Crippen LogP contribution in [0.2, 0.25) is 0 Å². The molecule has 0 aliphatic carbocycles. The Morgan fingerprint density at radius 1 is 0.850 bits per heavy atom. The Balaban J connectivity index is 2.20. The fraction of sp³-hybridized carbons (Fsp3) is 0.125. The van der Waals surface area contributed by atoms with Crippen molar-refractivity contribution in [2.75, 3.05) is 14.2 Å². The molecule has 0 radical (unpaired) electrons. The van der Waals surface area contributed by atoms with E-state index in [0.29, 0.717) is 5.75 Å². The van der Waals surface area contributed by atoms with Crippen LogP contribution in [-0.4, -0.2) is 18.8 Å². The molecule has 1 aromatic heterocycles. The summed E-state index contributed by atoms with van der Waals surface area (Å²) in [5.74, 6) is 1.13. The van der Waals surface area contributed by atoms with Crippen molar-refractivity contribution in [2.45, 2.75) is 0 Å². The molecular formula is C16H14FNO2. The summed E-state index contributed by atoms with van der Waals surface area (Å²) in [6, 6.07) is 14.3. The molecule has 0 atom stereocenters. The van der Waals surface area contributed by atoms with Gasteiger partial charge in [-0.3, -0.25) is 4.57 Å². The summed E-state index contributed by atoms with van der Waals surface area (Å²) in [6.07, 6.45) is 0. The van der Waals surface area contributed by atoms with E-state index in [0.717, 1.165) is 22.3 Å². The van der Waals surface area contributed by atoms with Gasteiger partial charge >= 0.3 is 0 Å². The molecule has 2 aromatic carbocycles. The molecule has 4 heteroatoms. The number of fused-ring (bicyclic) bond motifs is 1. The zero-order chi connectivity index (χ0) is 14.1. The summed E-state index contributed by atoms with van der Waals surface area (Å²) in [7, 11) is 3.20. The van der Waals surface area contributed by atoms with Crippen LogP contribution in [0.4, 0.5) is 4.39 Å². The Hall–Kier alpha value is -2.49. The highest BCUT2D eigenvalue weighted by Gasteiger charge is 2.11. The molecule has 20 heavy (non-hydrogen) atoms. The number of rotatable bonds is 3. The summed E-state index contributed by atoms with van der Waals surface area (Å²) in [5, 5.41) is 0.833. The first-order valence-corrected chi connectivity index (χ1v) is 6.22. The number of aromatic nitrogens is 1. The predicted molar refractivity (Wildman–Crippen MR) is 76.3 cm³/mol. The van der Waals surface area contributed by atoms with Crippen molar-refractivity contribution < 1.29 is 13.9 Å². The number of hydrogen-bond acceptors (Lipinski definition) is 2. The number of nitrogens with zero attached hydrogens (tertiary/aromatic N) is 1. The monoisotopic (exact) mass is 271 g/mol. The van der Waals surface area contributed by atoms with Gasteiger partial charge in [-0.05, 0) is 36.4 Å². The minimum Gasteiger partial charge on any atom is -0.497 e. The van der Waals surface area contributed by atoms with Gasteiger partial charge in [0.1, 0.15) is 11.5 Å². The van der Waals surface area contributed by atoms with Crippen molar-refractivity contribution in [1.29, 1.82) is 0 Å². The molecule has 0 aliphatic heterocycles. The minimum atomic E-state index is -0.307. The van der Waals surface area contributed by atoms with Crippen LogP contribution in [0, 0.1) is 5.95 Å². The van der Waals surface area contributed by atoms with Gasteiger partial charge < -0.3 is 9.47 Å². The van der Waals surface area contributed by atoms with Crippen LogP contribution in [0.3, 0.4) is 0 Å². The fourth-order valence-corrected chi connectivity index (χ4v) is 2.27. The highest BCUT2D eigenvalue weighted by molar-refractivity contribution is 5.83. The maximum absolute atomic E-state index is 14.2. The minimum absolute atomic E-state index is 0.307. The van der Waals surface area contributed by atoms with Gasteiger partial charge in [0.25, 0.3) is 0 Å². The maximum atomic E-state index is 14.2. The Labute approximate surface area is 116 Å². The lowest BCUT2D eigenvalue weighted by atomic mass is 10.2. The third-order valence-electron chi connectivity index (χ3n) is 3.30. The lowest BCUT2D eigenvalue weighted by Gasteiger charge is -2.08. The molecule has 0 N–H and O–H groups in total. The molecule has 3 rings (SSSR count). The van der Waals surface area contributed by atoms with Gasteiger partial charge in [0.15, 0.2) is 5.95 Å². The highest BCUT2D eigenvalue weighted by atomic mass is 19.1. The largest absolute Gasteiger partial charge is 0.497 e. The number of halogens is 1. The van der Waals surface area contributed by atoms with E-state index in [4.69, 9.17) is 9.47 Å². The van der Waals surface area contributed by atoms with Crippen molar-refractivity contribution in [1.82, 2.24) is 4.57 Å². The molecule has 3 nitrogen and oxygen atoms in total. The quantitative estimate of drug-likeness (QED) is 0.723. The number of benzene rings is 2. The van der Waals surface area contributed by atoms with Gasteiger partial charge in [0, 0.05) is 23.2 Å². The maximum Gasteiger partial charge on any atom is 0.199 e. The van der Waals surface area contributed by atoms with Gasteiger partial charge in [-0.25, -0.2) is 0 Å². The van der Waals surface area contributed by atoms with Crippen molar-refractivity contribution in [3.63, 3.8) is 0 Å². The van der Waals surface area contributed by atoms with Gasteiger partial charge in [-0.1, -0.05) is 0 Å². The van der Waals surface area contributed by atoms with Gasteiger partial charge in [-0.15, -0.1) is 0 Å². The molecule has 0 unspecified atom stereocenters. The molecular weight excluding hydrogens is 257 g/mol. The van der Waals surface area contributed by atoms with Crippen molar-refractivity contribution in [3.8, 4) is 17.2 Å². The lowest BCUT2D eigenvalue weighted by Crippen LogP contribution is -1.97. The van der Waals surface area contributed by atoms with Crippen LogP contribution in [0.1, 0.15) is 0 Å². The second kappa shape index (κ2) is 4.89. The van der Waals surface area contributed by atoms with Gasteiger partial charge in [-0.2, -0.15) is 4.39 Å². The predicted octanol–water partition coefficient (Wildman–Crippen LogP) is 3.79. The Morgan fingerprint density at radius 2 is 1.50 bits per heavy atom. The fourth-order valence-electron chi connectivity index (χ4n) is 2.27. The van der Waals surface area contributed by atoms with Crippen LogP contribution >= 0.6 is 0 Å². The summed E-state index contributed by atoms with van der Waals surface area (Å²) < 4.78 is 26.1. The molecule has 1 heterocycles. The van der Waals surface area contributed by atoms with Crippen molar-refractivity contribution in [3.05, 3.63) is 54.5 Å². The molecule has 0 saturated carbocycles. The number of methoxy groups -OCH3 is 2. The number of hydrogen-bond donors (Lipinski definition) is 0. The van der Waals surface area contributed by atoms with E-state index in [9.17, 15) is 4.39 Å². The first-order valence-electron chi connectivity index (χ1n) is 6.22. The first kappa shape index (κ1) is 12.5. The van der Waals surface area contributed by atoms with Gasteiger partial charge in [0.2, 0.25) is 0 Å². The average molecular weight is 271 g/mol. The van der Waals surface area contributed by atoms with E-state index in [-0.39, 0.29) is 5.95 Å². The molecule has 0 fully saturated rings. The van der Waals surface area contributed by atoms with E-state index >= 15 is 0 Å². The standard InChI is InChI=1S/C16H14FNO2/c1-19-13-7-4-12(5-8-13)18-15-10-14(20-2)6-3-11(15)9-16(18)17/h3-10H,1-2H3. The Kier molecular flexibility index (Phi) is 3.06. The second-order valence-corrected chi connectivity index (χ2v) is 4.43. The third kappa shape index (κ3) is 1.99. The summed E-state index contributed by atoms with van der Waals surface area (Å²) in [4.78, 5) is 0. The third-order valence-corrected chi connectivity index (χ3v) is 3.30. The molecule has 3 aromatic rings. The summed E-state index contributed by atoms with van der Waals surface area (Å²) >= 11 is 0. The van der Waals surface area contributed by atoms with Crippen LogP contribution in [0.25, 0.3) is 16.6 Å². The molecule has 0 bridgehead atoms. The summed E-state index contributed by atoms with van der Waals surface area (Å²) in [5.41, 5.74) is 1.51. The lowest BCUT2D eigenvalue weighted by molar-refractivity contribution is 0.414. The molecule has 102 valence electrons. The molecule has 0 saturated heterocycles. The normalized spacial score (nSPS) is 10.8.